The normalized spacial score (nSPS) is 13.5. The first kappa shape index (κ1) is 27.7. The van der Waals surface area contributed by atoms with Crippen molar-refractivity contribution in [1.29, 1.82) is 0 Å². The van der Waals surface area contributed by atoms with Gasteiger partial charge in [-0.3, -0.25) is 14.6 Å². The van der Waals surface area contributed by atoms with Crippen molar-refractivity contribution in [3.8, 4) is 0 Å². The SMILES string of the molecule is O=C(NOCC1CC1)c1ccc(S(=O)(=O)N(CCO)Cc2ccncc2)cc1Nc1ccc(I)cc1Cl. The number of anilines is 2. The number of pyridine rings is 1. The third-order valence-electron chi connectivity index (χ3n) is 5.71. The average molecular weight is 657 g/mol. The van der Waals surface area contributed by atoms with Gasteiger partial charge in [-0.15, -0.1) is 0 Å². The minimum Gasteiger partial charge on any atom is -0.395 e. The number of aliphatic hydroxyl groups is 1. The molecule has 1 aliphatic rings. The summed E-state index contributed by atoms with van der Waals surface area (Å²) in [6.45, 7) is 0.0174. The van der Waals surface area contributed by atoms with Gasteiger partial charge in [-0.1, -0.05) is 11.6 Å². The van der Waals surface area contributed by atoms with E-state index in [1.54, 1.807) is 36.7 Å². The van der Waals surface area contributed by atoms with Gasteiger partial charge in [-0.05, 0) is 95.4 Å². The number of nitrogens with zero attached hydrogens (tertiary/aromatic N) is 2. The molecule has 4 rings (SSSR count). The lowest BCUT2D eigenvalue weighted by Gasteiger charge is -2.22. The molecule has 0 spiro atoms. The van der Waals surface area contributed by atoms with E-state index in [0.29, 0.717) is 23.2 Å². The first-order valence-electron chi connectivity index (χ1n) is 11.6. The lowest BCUT2D eigenvalue weighted by molar-refractivity contribution is 0.0271. The van der Waals surface area contributed by atoms with E-state index in [9.17, 15) is 18.3 Å². The fourth-order valence-corrected chi connectivity index (χ4v) is 5.87. The smallest absolute Gasteiger partial charge is 0.276 e. The maximum atomic E-state index is 13.6. The highest BCUT2D eigenvalue weighted by molar-refractivity contribution is 14.1. The van der Waals surface area contributed by atoms with E-state index in [1.807, 2.05) is 6.07 Å². The molecule has 0 bridgehead atoms. The Morgan fingerprint density at radius 1 is 1.14 bits per heavy atom. The summed E-state index contributed by atoms with van der Waals surface area (Å²) in [6.07, 6.45) is 5.30. The quantitative estimate of drug-likeness (QED) is 0.196. The van der Waals surface area contributed by atoms with Gasteiger partial charge in [-0.25, -0.2) is 13.9 Å². The highest BCUT2D eigenvalue weighted by atomic mass is 127. The van der Waals surface area contributed by atoms with Crippen LogP contribution in [0.1, 0.15) is 28.8 Å². The van der Waals surface area contributed by atoms with Crippen LogP contribution in [-0.4, -0.2) is 48.5 Å². The van der Waals surface area contributed by atoms with Crippen molar-refractivity contribution in [2.24, 2.45) is 5.92 Å². The highest BCUT2D eigenvalue weighted by Crippen LogP contribution is 2.32. The molecule has 0 unspecified atom stereocenters. The molecule has 1 saturated carbocycles. The molecule has 37 heavy (non-hydrogen) atoms. The second-order valence-corrected chi connectivity index (χ2v) is 12.2. The van der Waals surface area contributed by atoms with E-state index in [2.05, 4.69) is 38.4 Å². The number of sulfonamides is 1. The number of hydrogen-bond acceptors (Lipinski definition) is 7. The predicted molar refractivity (Wildman–Crippen MR) is 149 cm³/mol. The van der Waals surface area contributed by atoms with Gasteiger partial charge in [-0.2, -0.15) is 4.31 Å². The van der Waals surface area contributed by atoms with Crippen LogP contribution in [0.5, 0.6) is 0 Å². The zero-order valence-corrected chi connectivity index (χ0v) is 23.5. The second kappa shape index (κ2) is 12.5. The summed E-state index contributed by atoms with van der Waals surface area (Å²) in [7, 11) is -4.04. The molecule has 196 valence electrons. The largest absolute Gasteiger partial charge is 0.395 e. The number of benzene rings is 2. The minimum absolute atomic E-state index is 0.0467. The number of halogens is 2. The van der Waals surface area contributed by atoms with Crippen LogP contribution in [0.3, 0.4) is 0 Å². The lowest BCUT2D eigenvalue weighted by atomic mass is 10.1. The summed E-state index contributed by atoms with van der Waals surface area (Å²) in [4.78, 5) is 22.2. The van der Waals surface area contributed by atoms with Gasteiger partial charge in [0.1, 0.15) is 0 Å². The standard InChI is InChI=1S/C25H26ClIN4O5S/c26-22-13-19(27)3-6-23(22)29-24-14-20(4-5-21(24)25(33)30-36-16-18-1-2-18)37(34,35)31(11-12-32)15-17-7-9-28-10-8-17/h3-10,13-14,18,29,32H,1-2,11-12,15-16H2,(H,30,33). The summed E-state index contributed by atoms with van der Waals surface area (Å²) in [5.41, 5.74) is 4.10. The van der Waals surface area contributed by atoms with Gasteiger partial charge in [0.15, 0.2) is 0 Å². The maximum absolute atomic E-state index is 13.6. The van der Waals surface area contributed by atoms with Crippen LogP contribution in [-0.2, 0) is 21.4 Å². The first-order chi connectivity index (χ1) is 17.8. The molecule has 3 aromatic rings. The van der Waals surface area contributed by atoms with Crippen LogP contribution >= 0.6 is 34.2 Å². The Morgan fingerprint density at radius 2 is 1.89 bits per heavy atom. The Hall–Kier alpha value is -2.29. The van der Waals surface area contributed by atoms with Crippen molar-refractivity contribution < 1.29 is 23.2 Å². The molecule has 2 aromatic carbocycles. The van der Waals surface area contributed by atoms with E-state index in [-0.39, 0.29) is 35.8 Å². The van der Waals surface area contributed by atoms with Gasteiger partial charge >= 0.3 is 0 Å². The highest BCUT2D eigenvalue weighted by Gasteiger charge is 2.27. The number of aromatic nitrogens is 1. The number of hydrogen-bond donors (Lipinski definition) is 3. The number of carbonyl (C=O) groups excluding carboxylic acids is 1. The second-order valence-electron chi connectivity index (χ2n) is 8.56. The molecule has 9 nitrogen and oxygen atoms in total. The van der Waals surface area contributed by atoms with Crippen molar-refractivity contribution in [1.82, 2.24) is 14.8 Å². The first-order valence-corrected chi connectivity index (χ1v) is 14.5. The Balaban J connectivity index is 1.67. The van der Waals surface area contributed by atoms with E-state index >= 15 is 0 Å². The molecule has 0 aliphatic heterocycles. The summed E-state index contributed by atoms with van der Waals surface area (Å²) < 4.78 is 29.3. The van der Waals surface area contributed by atoms with Crippen LogP contribution in [0.25, 0.3) is 0 Å². The topological polar surface area (TPSA) is 121 Å². The monoisotopic (exact) mass is 656 g/mol. The minimum atomic E-state index is -4.04. The van der Waals surface area contributed by atoms with Gasteiger partial charge in [0.2, 0.25) is 10.0 Å². The average Bonchev–Trinajstić information content (AvgIpc) is 3.70. The maximum Gasteiger partial charge on any atom is 0.276 e. The van der Waals surface area contributed by atoms with Crippen LogP contribution < -0.4 is 10.8 Å². The molecule has 12 heteroatoms. The van der Waals surface area contributed by atoms with E-state index in [0.717, 1.165) is 22.0 Å². The summed E-state index contributed by atoms with van der Waals surface area (Å²) in [5, 5.41) is 13.1. The summed E-state index contributed by atoms with van der Waals surface area (Å²) in [5.74, 6) is -0.0633. The molecular formula is C25H26ClIN4O5S. The number of aliphatic hydroxyl groups excluding tert-OH is 1. The van der Waals surface area contributed by atoms with Crippen molar-refractivity contribution in [2.75, 3.05) is 25.1 Å². The van der Waals surface area contributed by atoms with Crippen molar-refractivity contribution in [3.63, 3.8) is 0 Å². The molecule has 1 aliphatic carbocycles. The third kappa shape index (κ3) is 7.39. The summed E-state index contributed by atoms with van der Waals surface area (Å²) in [6, 6.07) is 12.9. The van der Waals surface area contributed by atoms with Gasteiger partial charge in [0.25, 0.3) is 5.91 Å². The molecule has 0 radical (unpaired) electrons. The van der Waals surface area contributed by atoms with Crippen molar-refractivity contribution >= 4 is 61.5 Å². The summed E-state index contributed by atoms with van der Waals surface area (Å²) >= 11 is 8.53. The Morgan fingerprint density at radius 3 is 2.57 bits per heavy atom. The number of nitrogens with one attached hydrogen (secondary N) is 2. The zero-order valence-electron chi connectivity index (χ0n) is 19.7. The molecule has 0 atom stereocenters. The van der Waals surface area contributed by atoms with Crippen LogP contribution in [0.15, 0.2) is 65.8 Å². The molecule has 1 fully saturated rings. The molecular weight excluding hydrogens is 631 g/mol. The molecule has 1 aromatic heterocycles. The van der Waals surface area contributed by atoms with Crippen molar-refractivity contribution in [3.05, 3.63) is 80.6 Å². The fraction of sp³-hybridized carbons (Fsp3) is 0.280. The third-order valence-corrected chi connectivity index (χ3v) is 8.54. The number of amides is 1. The number of hydroxylamine groups is 1. The van der Waals surface area contributed by atoms with Crippen LogP contribution in [0, 0.1) is 9.49 Å². The Labute approximate surface area is 234 Å². The molecule has 1 amide bonds. The molecule has 3 N–H and O–H groups in total. The van der Waals surface area contributed by atoms with Gasteiger partial charge in [0.05, 0.1) is 40.1 Å². The Bertz CT molecular complexity index is 1360. The molecule has 1 heterocycles. The van der Waals surface area contributed by atoms with Gasteiger partial charge < -0.3 is 10.4 Å². The zero-order chi connectivity index (χ0) is 26.4. The van der Waals surface area contributed by atoms with Gasteiger partial charge in [0, 0.05) is 29.1 Å². The number of rotatable bonds is 12. The Kier molecular flexibility index (Phi) is 9.37. The van der Waals surface area contributed by atoms with Crippen LogP contribution in [0.4, 0.5) is 11.4 Å². The lowest BCUT2D eigenvalue weighted by Crippen LogP contribution is -2.33. The van der Waals surface area contributed by atoms with E-state index in [1.165, 1.54) is 22.5 Å². The fourth-order valence-electron chi connectivity index (χ4n) is 3.52. The number of carbonyl (C=O) groups is 1. The van der Waals surface area contributed by atoms with Crippen LogP contribution in [0.2, 0.25) is 5.02 Å². The van der Waals surface area contributed by atoms with Crippen molar-refractivity contribution in [2.45, 2.75) is 24.3 Å². The molecule has 0 saturated heterocycles. The van der Waals surface area contributed by atoms with E-state index in [4.69, 9.17) is 16.4 Å². The predicted octanol–water partition coefficient (Wildman–Crippen LogP) is 4.34. The van der Waals surface area contributed by atoms with E-state index < -0.39 is 15.9 Å².